The molecule has 1 fully saturated rings. The number of aliphatic imine (C=N–C) groups is 1. The van der Waals surface area contributed by atoms with Crippen LogP contribution in [0.3, 0.4) is 0 Å². The van der Waals surface area contributed by atoms with Gasteiger partial charge in [-0.2, -0.15) is 0 Å². The maximum absolute atomic E-state index is 11.6. The number of nitrogens with zero attached hydrogens (tertiary/aromatic N) is 2. The number of guanidine groups is 1. The van der Waals surface area contributed by atoms with E-state index in [1.165, 1.54) is 0 Å². The monoisotopic (exact) mass is 320 g/mol. The highest BCUT2D eigenvalue weighted by molar-refractivity contribution is 5.79. The second-order valence-corrected chi connectivity index (χ2v) is 5.75. The molecule has 0 aromatic carbocycles. The highest BCUT2D eigenvalue weighted by Crippen LogP contribution is 2.09. The van der Waals surface area contributed by atoms with Crippen molar-refractivity contribution in [3.05, 3.63) is 24.2 Å². The van der Waals surface area contributed by atoms with Gasteiger partial charge in [-0.3, -0.25) is 9.79 Å². The van der Waals surface area contributed by atoms with Gasteiger partial charge in [-0.25, -0.2) is 0 Å². The van der Waals surface area contributed by atoms with Gasteiger partial charge in [-0.05, 0) is 31.4 Å². The molecule has 0 atom stereocenters. The summed E-state index contributed by atoms with van der Waals surface area (Å²) in [4.78, 5) is 18.0. The van der Waals surface area contributed by atoms with Crippen LogP contribution in [0.25, 0.3) is 0 Å². The van der Waals surface area contributed by atoms with E-state index in [-0.39, 0.29) is 0 Å². The summed E-state index contributed by atoms with van der Waals surface area (Å²) in [5.74, 6) is 2.10. The molecular weight excluding hydrogens is 292 g/mol. The number of likely N-dealkylation sites (tertiary alicyclic amines) is 1. The summed E-state index contributed by atoms with van der Waals surface area (Å²) in [5, 5.41) is 6.67. The van der Waals surface area contributed by atoms with E-state index in [0.717, 1.165) is 70.1 Å². The van der Waals surface area contributed by atoms with Crippen LogP contribution in [0.1, 0.15) is 38.4 Å². The maximum atomic E-state index is 11.6. The molecule has 0 aliphatic carbocycles. The van der Waals surface area contributed by atoms with Gasteiger partial charge in [0.1, 0.15) is 5.76 Å². The first-order valence-corrected chi connectivity index (χ1v) is 8.62. The van der Waals surface area contributed by atoms with E-state index >= 15 is 0 Å². The topological polar surface area (TPSA) is 69.9 Å². The third-order valence-corrected chi connectivity index (χ3v) is 3.81. The van der Waals surface area contributed by atoms with Crippen LogP contribution in [0.5, 0.6) is 0 Å². The summed E-state index contributed by atoms with van der Waals surface area (Å²) >= 11 is 0. The first kappa shape index (κ1) is 17.4. The van der Waals surface area contributed by atoms with Crippen LogP contribution in [0.15, 0.2) is 27.8 Å². The Bertz CT molecular complexity index is 485. The van der Waals surface area contributed by atoms with Crippen LogP contribution >= 0.6 is 0 Å². The van der Waals surface area contributed by atoms with Crippen molar-refractivity contribution >= 4 is 11.9 Å². The summed E-state index contributed by atoms with van der Waals surface area (Å²) < 4.78 is 5.32. The van der Waals surface area contributed by atoms with Crippen LogP contribution in [0, 0.1) is 0 Å². The van der Waals surface area contributed by atoms with Crippen LogP contribution in [0.2, 0.25) is 0 Å². The molecule has 1 aromatic rings. The molecule has 0 unspecified atom stereocenters. The fraction of sp³-hybridized carbons (Fsp3) is 0.647. The molecule has 23 heavy (non-hydrogen) atoms. The molecule has 2 heterocycles. The Labute approximate surface area is 138 Å². The Balaban J connectivity index is 1.65. The van der Waals surface area contributed by atoms with E-state index in [9.17, 15) is 4.79 Å². The van der Waals surface area contributed by atoms with Gasteiger partial charge in [-0.1, -0.05) is 6.92 Å². The quantitative estimate of drug-likeness (QED) is 0.413. The summed E-state index contributed by atoms with van der Waals surface area (Å²) in [6.45, 7) is 6.27. The van der Waals surface area contributed by atoms with Gasteiger partial charge < -0.3 is 20.0 Å². The lowest BCUT2D eigenvalue weighted by molar-refractivity contribution is -0.127. The minimum absolute atomic E-state index is 0.293. The maximum Gasteiger partial charge on any atom is 0.222 e. The van der Waals surface area contributed by atoms with Gasteiger partial charge in [0, 0.05) is 45.6 Å². The van der Waals surface area contributed by atoms with Gasteiger partial charge in [0.25, 0.3) is 0 Å². The number of carbonyl (C=O) groups is 1. The zero-order valence-corrected chi connectivity index (χ0v) is 14.0. The molecule has 0 bridgehead atoms. The third kappa shape index (κ3) is 6.34. The highest BCUT2D eigenvalue weighted by Gasteiger charge is 2.18. The molecule has 1 saturated heterocycles. The first-order chi connectivity index (χ1) is 11.3. The Morgan fingerprint density at radius 3 is 2.96 bits per heavy atom. The second-order valence-electron chi connectivity index (χ2n) is 5.75. The smallest absolute Gasteiger partial charge is 0.222 e. The lowest BCUT2D eigenvalue weighted by atomic mass is 10.3. The van der Waals surface area contributed by atoms with Gasteiger partial charge in [0.15, 0.2) is 5.96 Å². The average molecular weight is 320 g/mol. The standard InChI is InChI=1S/C17H28N4O2/c1-2-9-18-17(20-11-8-15-6-4-14-23-15)19-10-5-13-21-12-3-7-16(21)22/h4,6,14H,2-3,5,7-13H2,1H3,(H2,18,19,20). The van der Waals surface area contributed by atoms with Crippen molar-refractivity contribution in [2.75, 3.05) is 32.7 Å². The largest absolute Gasteiger partial charge is 0.469 e. The Morgan fingerprint density at radius 2 is 2.26 bits per heavy atom. The van der Waals surface area contributed by atoms with Crippen molar-refractivity contribution in [3.8, 4) is 0 Å². The molecular formula is C17H28N4O2. The Kier molecular flexibility index (Phi) is 7.49. The van der Waals surface area contributed by atoms with Crippen molar-refractivity contribution in [1.29, 1.82) is 0 Å². The molecule has 2 N–H and O–H groups in total. The molecule has 0 spiro atoms. The predicted octanol–water partition coefficient (Wildman–Crippen LogP) is 1.78. The molecule has 0 saturated carbocycles. The predicted molar refractivity (Wildman–Crippen MR) is 91.4 cm³/mol. The van der Waals surface area contributed by atoms with E-state index in [4.69, 9.17) is 4.42 Å². The Hall–Kier alpha value is -1.98. The van der Waals surface area contributed by atoms with Gasteiger partial charge in [-0.15, -0.1) is 0 Å². The third-order valence-electron chi connectivity index (χ3n) is 3.81. The molecule has 0 radical (unpaired) electrons. The van der Waals surface area contributed by atoms with Crippen LogP contribution in [-0.4, -0.2) is 49.5 Å². The second kappa shape index (κ2) is 9.92. The van der Waals surface area contributed by atoms with Crippen molar-refractivity contribution < 1.29 is 9.21 Å². The molecule has 1 aromatic heterocycles. The molecule has 1 aliphatic heterocycles. The minimum atomic E-state index is 0.293. The number of hydrogen-bond donors (Lipinski definition) is 2. The fourth-order valence-electron chi connectivity index (χ4n) is 2.57. The number of amides is 1. The number of furan rings is 1. The van der Waals surface area contributed by atoms with Crippen LogP contribution < -0.4 is 10.6 Å². The van der Waals surface area contributed by atoms with Crippen molar-refractivity contribution in [2.45, 2.75) is 39.0 Å². The first-order valence-electron chi connectivity index (χ1n) is 8.62. The van der Waals surface area contributed by atoms with E-state index < -0.39 is 0 Å². The highest BCUT2D eigenvalue weighted by atomic mass is 16.3. The molecule has 6 nitrogen and oxygen atoms in total. The van der Waals surface area contributed by atoms with E-state index in [2.05, 4.69) is 22.5 Å². The number of rotatable bonds is 9. The summed E-state index contributed by atoms with van der Waals surface area (Å²) in [7, 11) is 0. The zero-order chi connectivity index (χ0) is 16.3. The normalized spacial score (nSPS) is 15.3. The lowest BCUT2D eigenvalue weighted by Gasteiger charge is -2.16. The lowest BCUT2D eigenvalue weighted by Crippen LogP contribution is -2.40. The number of hydrogen-bond acceptors (Lipinski definition) is 3. The number of carbonyl (C=O) groups excluding carboxylic acids is 1. The van der Waals surface area contributed by atoms with Crippen molar-refractivity contribution in [2.24, 2.45) is 4.99 Å². The SMILES string of the molecule is CCCN=C(NCCCN1CCCC1=O)NCCc1ccco1. The average Bonchev–Trinajstić information content (AvgIpc) is 3.20. The van der Waals surface area contributed by atoms with Crippen molar-refractivity contribution in [1.82, 2.24) is 15.5 Å². The van der Waals surface area contributed by atoms with E-state index in [0.29, 0.717) is 12.3 Å². The van der Waals surface area contributed by atoms with Crippen LogP contribution in [0.4, 0.5) is 0 Å². The summed E-state index contributed by atoms with van der Waals surface area (Å²) in [6, 6.07) is 3.88. The summed E-state index contributed by atoms with van der Waals surface area (Å²) in [5.41, 5.74) is 0. The van der Waals surface area contributed by atoms with E-state index in [1.54, 1.807) is 6.26 Å². The van der Waals surface area contributed by atoms with Crippen molar-refractivity contribution in [3.63, 3.8) is 0 Å². The molecule has 1 aliphatic rings. The van der Waals surface area contributed by atoms with Gasteiger partial charge >= 0.3 is 0 Å². The summed E-state index contributed by atoms with van der Waals surface area (Å²) in [6.07, 6.45) is 6.21. The number of nitrogens with one attached hydrogen (secondary N) is 2. The van der Waals surface area contributed by atoms with Gasteiger partial charge in [0.05, 0.1) is 6.26 Å². The molecule has 128 valence electrons. The molecule has 1 amide bonds. The molecule has 6 heteroatoms. The molecule has 2 rings (SSSR count). The Morgan fingerprint density at radius 1 is 1.39 bits per heavy atom. The minimum Gasteiger partial charge on any atom is -0.469 e. The van der Waals surface area contributed by atoms with Gasteiger partial charge in [0.2, 0.25) is 5.91 Å². The fourth-order valence-corrected chi connectivity index (χ4v) is 2.57. The van der Waals surface area contributed by atoms with E-state index in [1.807, 2.05) is 17.0 Å². The van der Waals surface area contributed by atoms with Crippen LogP contribution in [-0.2, 0) is 11.2 Å². The zero-order valence-electron chi connectivity index (χ0n) is 14.0.